The van der Waals surface area contributed by atoms with Gasteiger partial charge in [-0.3, -0.25) is 4.99 Å². The minimum Gasteiger partial charge on any atom is -0.473 e. The Hall–Kier alpha value is -1.02. The van der Waals surface area contributed by atoms with Crippen molar-refractivity contribution in [3.8, 4) is 0 Å². The summed E-state index contributed by atoms with van der Waals surface area (Å²) in [7, 11) is 0. The third kappa shape index (κ3) is 1.58. The summed E-state index contributed by atoms with van der Waals surface area (Å²) in [5.74, 6) is 3.15. The molecule has 0 aromatic heterocycles. The van der Waals surface area contributed by atoms with Gasteiger partial charge in [0.25, 0.3) is 0 Å². The van der Waals surface area contributed by atoms with Crippen molar-refractivity contribution in [1.82, 2.24) is 0 Å². The Morgan fingerprint density at radius 1 is 1.11 bits per heavy atom. The highest BCUT2D eigenvalue weighted by Gasteiger charge is 2.50. The van der Waals surface area contributed by atoms with Crippen LogP contribution >= 0.6 is 11.6 Å². The first-order chi connectivity index (χ1) is 8.81. The Labute approximate surface area is 112 Å². The monoisotopic (exact) mass is 261 g/mol. The van der Waals surface area contributed by atoms with Gasteiger partial charge in [-0.1, -0.05) is 11.6 Å². The van der Waals surface area contributed by atoms with Gasteiger partial charge in [0.1, 0.15) is 6.10 Å². The molecule has 0 radical (unpaired) electrons. The van der Waals surface area contributed by atoms with E-state index in [9.17, 15) is 0 Å². The lowest BCUT2D eigenvalue weighted by molar-refractivity contribution is 0.0624. The van der Waals surface area contributed by atoms with Gasteiger partial charge < -0.3 is 4.74 Å². The van der Waals surface area contributed by atoms with E-state index < -0.39 is 0 Å². The van der Waals surface area contributed by atoms with Crippen molar-refractivity contribution in [1.29, 1.82) is 0 Å². The second-order valence-electron chi connectivity index (χ2n) is 5.73. The number of nitrogens with zero attached hydrogens (tertiary/aromatic N) is 1. The van der Waals surface area contributed by atoms with E-state index >= 15 is 0 Å². The molecular formula is C15H16ClNO. The molecule has 3 aliphatic rings. The fourth-order valence-corrected chi connectivity index (χ4v) is 4.03. The number of hydrogen-bond donors (Lipinski definition) is 0. The second-order valence-corrected chi connectivity index (χ2v) is 6.17. The predicted molar refractivity (Wildman–Crippen MR) is 72.1 cm³/mol. The Kier molecular flexibility index (Phi) is 2.41. The first kappa shape index (κ1) is 10.9. The van der Waals surface area contributed by atoms with E-state index in [1.54, 1.807) is 0 Å². The van der Waals surface area contributed by atoms with E-state index in [1.165, 1.54) is 19.3 Å². The van der Waals surface area contributed by atoms with Crippen LogP contribution in [0.1, 0.15) is 24.8 Å². The van der Waals surface area contributed by atoms with E-state index in [4.69, 9.17) is 16.3 Å². The average molecular weight is 262 g/mol. The zero-order valence-corrected chi connectivity index (χ0v) is 10.9. The number of ether oxygens (including phenoxy) is 1. The molecule has 3 heteroatoms. The Bertz CT molecular complexity index is 496. The summed E-state index contributed by atoms with van der Waals surface area (Å²) in [4.78, 5) is 4.64. The highest BCUT2D eigenvalue weighted by molar-refractivity contribution is 6.30. The zero-order valence-electron chi connectivity index (χ0n) is 10.2. The van der Waals surface area contributed by atoms with Crippen LogP contribution in [0.25, 0.3) is 0 Å². The van der Waals surface area contributed by atoms with Crippen LogP contribution in [0.2, 0.25) is 5.02 Å². The van der Waals surface area contributed by atoms with Crippen molar-refractivity contribution in [3.05, 3.63) is 34.9 Å². The Morgan fingerprint density at radius 3 is 2.72 bits per heavy atom. The van der Waals surface area contributed by atoms with Gasteiger partial charge in [-0.2, -0.15) is 0 Å². The fourth-order valence-electron chi connectivity index (χ4n) is 3.90. The maximum Gasteiger partial charge on any atom is 0.216 e. The number of benzene rings is 1. The van der Waals surface area contributed by atoms with E-state index in [0.717, 1.165) is 34.9 Å². The van der Waals surface area contributed by atoms with Gasteiger partial charge in [0, 0.05) is 23.0 Å². The Morgan fingerprint density at radius 2 is 1.89 bits per heavy atom. The van der Waals surface area contributed by atoms with Crippen molar-refractivity contribution in [2.24, 2.45) is 22.7 Å². The van der Waals surface area contributed by atoms with E-state index in [1.807, 2.05) is 24.3 Å². The molecule has 2 aliphatic carbocycles. The first-order valence-electron chi connectivity index (χ1n) is 6.78. The molecule has 1 aromatic carbocycles. The molecule has 0 N–H and O–H groups in total. The lowest BCUT2D eigenvalue weighted by atomic mass is 9.85. The smallest absolute Gasteiger partial charge is 0.216 e. The van der Waals surface area contributed by atoms with Gasteiger partial charge in [0.2, 0.25) is 5.90 Å². The van der Waals surface area contributed by atoms with Gasteiger partial charge in [-0.05, 0) is 55.4 Å². The third-order valence-electron chi connectivity index (χ3n) is 4.79. The van der Waals surface area contributed by atoms with Crippen molar-refractivity contribution >= 4 is 17.5 Å². The summed E-state index contributed by atoms with van der Waals surface area (Å²) in [6.45, 7) is 0.948. The first-order valence-corrected chi connectivity index (χ1v) is 7.16. The molecule has 94 valence electrons. The van der Waals surface area contributed by atoms with Gasteiger partial charge in [0.15, 0.2) is 0 Å². The average Bonchev–Trinajstić information content (AvgIpc) is 3.01. The molecular weight excluding hydrogens is 246 g/mol. The van der Waals surface area contributed by atoms with Crippen LogP contribution in [0.5, 0.6) is 0 Å². The summed E-state index contributed by atoms with van der Waals surface area (Å²) in [5.41, 5.74) is 1.06. The molecule has 0 amide bonds. The van der Waals surface area contributed by atoms with Gasteiger partial charge in [-0.25, -0.2) is 0 Å². The normalized spacial score (nSPS) is 37.1. The van der Waals surface area contributed by atoms with E-state index in [0.29, 0.717) is 12.0 Å². The van der Waals surface area contributed by atoms with E-state index in [2.05, 4.69) is 4.99 Å². The highest BCUT2D eigenvalue weighted by atomic mass is 35.5. The van der Waals surface area contributed by atoms with Crippen LogP contribution in [0.15, 0.2) is 29.3 Å². The van der Waals surface area contributed by atoms with E-state index in [-0.39, 0.29) is 0 Å². The minimum absolute atomic E-state index is 0.423. The summed E-state index contributed by atoms with van der Waals surface area (Å²) in [6.07, 6.45) is 4.52. The summed E-state index contributed by atoms with van der Waals surface area (Å²) in [5, 5.41) is 0.757. The molecule has 2 bridgehead atoms. The van der Waals surface area contributed by atoms with Crippen molar-refractivity contribution < 1.29 is 4.74 Å². The van der Waals surface area contributed by atoms with Crippen molar-refractivity contribution in [2.75, 3.05) is 6.54 Å². The third-order valence-corrected chi connectivity index (χ3v) is 5.04. The van der Waals surface area contributed by atoms with Crippen LogP contribution in [0.3, 0.4) is 0 Å². The highest BCUT2D eigenvalue weighted by Crippen LogP contribution is 2.51. The van der Waals surface area contributed by atoms with Gasteiger partial charge >= 0.3 is 0 Å². The number of halogens is 1. The number of aliphatic imine (C=N–C) groups is 1. The van der Waals surface area contributed by atoms with Gasteiger partial charge in [-0.15, -0.1) is 0 Å². The molecule has 0 unspecified atom stereocenters. The molecule has 4 atom stereocenters. The summed E-state index contributed by atoms with van der Waals surface area (Å²) >= 11 is 5.91. The minimum atomic E-state index is 0.423. The second kappa shape index (κ2) is 3.99. The standard InChI is InChI=1S/C15H16ClNO/c16-12-5-3-9(4-6-12)15-17-8-13-10-1-2-11(7-10)14(13)18-15/h3-6,10-11,13-14H,1-2,7-8H2/t10-,11+,13-,14+/m0/s1. The Balaban J connectivity index is 1.61. The largest absolute Gasteiger partial charge is 0.473 e. The molecule has 4 rings (SSSR count). The maximum atomic E-state index is 6.18. The molecule has 2 nitrogen and oxygen atoms in total. The predicted octanol–water partition coefficient (Wildman–Crippen LogP) is 3.53. The van der Waals surface area contributed by atoms with Crippen LogP contribution < -0.4 is 0 Å². The van der Waals surface area contributed by atoms with Crippen molar-refractivity contribution in [2.45, 2.75) is 25.4 Å². The van der Waals surface area contributed by atoms with Crippen LogP contribution in [-0.2, 0) is 4.74 Å². The number of hydrogen-bond acceptors (Lipinski definition) is 2. The molecule has 0 saturated heterocycles. The fraction of sp³-hybridized carbons (Fsp3) is 0.533. The molecule has 18 heavy (non-hydrogen) atoms. The SMILES string of the molecule is Clc1ccc(C2=NC[C@H]3[C@H]4CC[C@H](C4)[C@H]3O2)cc1. The van der Waals surface area contributed by atoms with Gasteiger partial charge in [0.05, 0.1) is 0 Å². The van der Waals surface area contributed by atoms with Crippen LogP contribution in [-0.4, -0.2) is 18.5 Å². The summed E-state index contributed by atoms with van der Waals surface area (Å²) < 4.78 is 6.18. The summed E-state index contributed by atoms with van der Waals surface area (Å²) in [6, 6.07) is 7.79. The van der Waals surface area contributed by atoms with Crippen LogP contribution in [0, 0.1) is 17.8 Å². The molecule has 1 aliphatic heterocycles. The number of rotatable bonds is 1. The van der Waals surface area contributed by atoms with Crippen LogP contribution in [0.4, 0.5) is 0 Å². The molecule has 2 fully saturated rings. The molecule has 1 aromatic rings. The quantitative estimate of drug-likeness (QED) is 0.758. The topological polar surface area (TPSA) is 21.6 Å². The maximum absolute atomic E-state index is 6.18. The lowest BCUT2D eigenvalue weighted by Gasteiger charge is -2.34. The molecule has 0 spiro atoms. The molecule has 1 heterocycles. The zero-order chi connectivity index (χ0) is 12.1. The molecule has 2 saturated carbocycles. The lowest BCUT2D eigenvalue weighted by Crippen LogP contribution is -2.38. The number of fused-ring (bicyclic) bond motifs is 5. The van der Waals surface area contributed by atoms with Crippen molar-refractivity contribution in [3.63, 3.8) is 0 Å².